The topological polar surface area (TPSA) is 51.5 Å². The number of carbonyl (C=O) groups excluding carboxylic acids is 1. The summed E-state index contributed by atoms with van der Waals surface area (Å²) in [6, 6.07) is 1.70. The van der Waals surface area contributed by atoms with Gasteiger partial charge < -0.3 is 14.5 Å². The predicted molar refractivity (Wildman–Crippen MR) is 67.1 cm³/mol. The molecule has 1 atom stereocenters. The van der Waals surface area contributed by atoms with Crippen LogP contribution in [0.5, 0.6) is 0 Å². The average Bonchev–Trinajstić information content (AvgIpc) is 2.82. The maximum atomic E-state index is 11.6. The number of ether oxygens (including phenoxy) is 1. The molecule has 0 bridgehead atoms. The normalized spacial score (nSPS) is 18.8. The van der Waals surface area contributed by atoms with E-state index in [2.05, 4.69) is 17.2 Å². The maximum Gasteiger partial charge on any atom is 0.287 e. The monoisotopic (exact) mass is 247 g/mol. The van der Waals surface area contributed by atoms with Crippen LogP contribution >= 0.6 is 0 Å². The van der Waals surface area contributed by atoms with E-state index in [1.165, 1.54) is 0 Å². The molecule has 1 fully saturated rings. The Morgan fingerprint density at radius 2 is 2.44 bits per heavy atom. The van der Waals surface area contributed by atoms with E-state index >= 15 is 0 Å². The van der Waals surface area contributed by atoms with Gasteiger partial charge in [0.25, 0.3) is 5.91 Å². The zero-order valence-corrected chi connectivity index (χ0v) is 10.5. The number of hydrogen-bond donors (Lipinski definition) is 1. The van der Waals surface area contributed by atoms with Gasteiger partial charge in [-0.1, -0.05) is 11.8 Å². The summed E-state index contributed by atoms with van der Waals surface area (Å²) in [6.07, 6.45) is 4.85. The lowest BCUT2D eigenvalue weighted by molar-refractivity contribution is 0.0525. The van der Waals surface area contributed by atoms with Crippen LogP contribution in [-0.2, 0) is 4.74 Å². The molecule has 1 aliphatic rings. The summed E-state index contributed by atoms with van der Waals surface area (Å²) in [5.41, 5.74) is 0.932. The van der Waals surface area contributed by atoms with Crippen molar-refractivity contribution in [3.8, 4) is 11.8 Å². The van der Waals surface area contributed by atoms with Crippen molar-refractivity contribution in [2.24, 2.45) is 0 Å². The fraction of sp³-hybridized carbons (Fsp3) is 0.500. The minimum Gasteiger partial charge on any atom is -0.459 e. The average molecular weight is 247 g/mol. The van der Waals surface area contributed by atoms with E-state index in [9.17, 15) is 4.79 Å². The van der Waals surface area contributed by atoms with Crippen LogP contribution in [0.2, 0.25) is 0 Å². The molecule has 0 radical (unpaired) electrons. The maximum absolute atomic E-state index is 11.6. The first-order valence-corrected chi connectivity index (χ1v) is 6.19. The molecule has 1 aromatic rings. The summed E-state index contributed by atoms with van der Waals surface area (Å²) in [7, 11) is 0. The molecule has 1 saturated heterocycles. The van der Waals surface area contributed by atoms with E-state index in [1.807, 2.05) is 6.92 Å². The van der Waals surface area contributed by atoms with Crippen LogP contribution < -0.4 is 5.32 Å². The first kappa shape index (κ1) is 12.7. The molecule has 1 N–H and O–H groups in total. The quantitative estimate of drug-likeness (QED) is 0.812. The molecule has 1 aromatic heterocycles. The van der Waals surface area contributed by atoms with Crippen LogP contribution in [0.1, 0.15) is 35.4 Å². The number of amides is 1. The molecule has 18 heavy (non-hydrogen) atoms. The molecule has 1 amide bonds. The molecular formula is C14H17NO3. The highest BCUT2D eigenvalue weighted by Crippen LogP contribution is 2.11. The van der Waals surface area contributed by atoms with Crippen LogP contribution in [0.25, 0.3) is 0 Å². The van der Waals surface area contributed by atoms with Gasteiger partial charge in [0, 0.05) is 6.61 Å². The lowest BCUT2D eigenvalue weighted by atomic mass is 10.1. The SMILES string of the molecule is Cc1coc(C(=O)NCC#CC2CCCCO2)c1. The molecule has 2 heterocycles. The molecule has 4 nitrogen and oxygen atoms in total. The van der Waals surface area contributed by atoms with Gasteiger partial charge >= 0.3 is 0 Å². The second-order valence-corrected chi connectivity index (χ2v) is 4.35. The molecule has 0 saturated carbocycles. The molecule has 96 valence electrons. The van der Waals surface area contributed by atoms with Gasteiger partial charge in [0.2, 0.25) is 0 Å². The van der Waals surface area contributed by atoms with Crippen LogP contribution in [0, 0.1) is 18.8 Å². The first-order chi connectivity index (χ1) is 8.75. The van der Waals surface area contributed by atoms with Gasteiger partial charge in [-0.15, -0.1) is 0 Å². The fourth-order valence-corrected chi connectivity index (χ4v) is 1.78. The van der Waals surface area contributed by atoms with Crippen molar-refractivity contribution in [3.05, 3.63) is 23.7 Å². The molecule has 2 rings (SSSR count). The summed E-state index contributed by atoms with van der Waals surface area (Å²) in [6.45, 7) is 2.98. The van der Waals surface area contributed by atoms with E-state index in [0.29, 0.717) is 12.3 Å². The predicted octanol–water partition coefficient (Wildman–Crippen LogP) is 1.89. The highest BCUT2D eigenvalue weighted by Gasteiger charge is 2.10. The lowest BCUT2D eigenvalue weighted by Crippen LogP contribution is -2.23. The number of carbonyl (C=O) groups is 1. The molecule has 4 heteroatoms. The van der Waals surface area contributed by atoms with Gasteiger partial charge in [-0.25, -0.2) is 0 Å². The van der Waals surface area contributed by atoms with Crippen molar-refractivity contribution in [2.45, 2.75) is 32.3 Å². The minimum absolute atomic E-state index is 0.0292. The summed E-state index contributed by atoms with van der Waals surface area (Å²) in [4.78, 5) is 11.6. The first-order valence-electron chi connectivity index (χ1n) is 6.19. The Balaban J connectivity index is 1.75. The van der Waals surface area contributed by atoms with E-state index in [4.69, 9.17) is 9.15 Å². The third-order valence-corrected chi connectivity index (χ3v) is 2.73. The molecule has 1 aliphatic heterocycles. The fourth-order valence-electron chi connectivity index (χ4n) is 1.78. The van der Waals surface area contributed by atoms with Crippen molar-refractivity contribution < 1.29 is 13.9 Å². The highest BCUT2D eigenvalue weighted by molar-refractivity contribution is 5.91. The standard InChI is InChI=1S/C14H17NO3/c1-11-9-13(18-10-11)14(16)15-7-4-6-12-5-2-3-8-17-12/h9-10,12H,2-3,5,7-8H2,1H3,(H,15,16). The number of furan rings is 1. The van der Waals surface area contributed by atoms with Crippen molar-refractivity contribution in [2.75, 3.05) is 13.2 Å². The zero-order chi connectivity index (χ0) is 12.8. The Labute approximate surface area is 107 Å². The van der Waals surface area contributed by atoms with Crippen molar-refractivity contribution >= 4 is 5.91 Å². The minimum atomic E-state index is -0.234. The Morgan fingerprint density at radius 3 is 3.11 bits per heavy atom. The van der Waals surface area contributed by atoms with Crippen LogP contribution in [0.15, 0.2) is 16.7 Å². The van der Waals surface area contributed by atoms with E-state index in [1.54, 1.807) is 12.3 Å². The number of hydrogen-bond acceptors (Lipinski definition) is 3. The Kier molecular flexibility index (Phi) is 4.43. The summed E-state index contributed by atoms with van der Waals surface area (Å²) >= 11 is 0. The second kappa shape index (κ2) is 6.27. The number of nitrogens with one attached hydrogen (secondary N) is 1. The van der Waals surface area contributed by atoms with Gasteiger partial charge in [0.1, 0.15) is 6.10 Å². The summed E-state index contributed by atoms with van der Waals surface area (Å²) < 4.78 is 10.6. The largest absolute Gasteiger partial charge is 0.459 e. The third kappa shape index (κ3) is 3.64. The zero-order valence-electron chi connectivity index (χ0n) is 10.5. The Bertz CT molecular complexity index is 461. The lowest BCUT2D eigenvalue weighted by Gasteiger charge is -2.17. The number of aryl methyl sites for hydroxylation is 1. The Morgan fingerprint density at radius 1 is 1.56 bits per heavy atom. The highest BCUT2D eigenvalue weighted by atomic mass is 16.5. The van der Waals surface area contributed by atoms with Gasteiger partial charge in [-0.3, -0.25) is 4.79 Å². The van der Waals surface area contributed by atoms with Crippen LogP contribution in [0.4, 0.5) is 0 Å². The molecule has 0 aliphatic carbocycles. The smallest absolute Gasteiger partial charge is 0.287 e. The molecule has 1 unspecified atom stereocenters. The summed E-state index contributed by atoms with van der Waals surface area (Å²) in [5, 5.41) is 2.69. The second-order valence-electron chi connectivity index (χ2n) is 4.35. The third-order valence-electron chi connectivity index (χ3n) is 2.73. The molecule has 0 aromatic carbocycles. The van der Waals surface area contributed by atoms with Gasteiger partial charge in [0.05, 0.1) is 12.8 Å². The van der Waals surface area contributed by atoms with Crippen LogP contribution in [-0.4, -0.2) is 25.2 Å². The summed E-state index contributed by atoms with van der Waals surface area (Å²) in [5.74, 6) is 6.02. The van der Waals surface area contributed by atoms with Crippen molar-refractivity contribution in [1.82, 2.24) is 5.32 Å². The molecule has 0 spiro atoms. The van der Waals surface area contributed by atoms with Crippen molar-refractivity contribution in [3.63, 3.8) is 0 Å². The number of rotatable bonds is 2. The Hall–Kier alpha value is -1.73. The van der Waals surface area contributed by atoms with Crippen molar-refractivity contribution in [1.29, 1.82) is 0 Å². The molecular weight excluding hydrogens is 230 g/mol. The van der Waals surface area contributed by atoms with E-state index in [-0.39, 0.29) is 12.0 Å². The van der Waals surface area contributed by atoms with Gasteiger partial charge in [0.15, 0.2) is 5.76 Å². The van der Waals surface area contributed by atoms with Gasteiger partial charge in [-0.05, 0) is 37.8 Å². The van der Waals surface area contributed by atoms with E-state index < -0.39 is 0 Å². The van der Waals surface area contributed by atoms with E-state index in [0.717, 1.165) is 31.4 Å². The van der Waals surface area contributed by atoms with Gasteiger partial charge in [-0.2, -0.15) is 0 Å². The van der Waals surface area contributed by atoms with Crippen LogP contribution in [0.3, 0.4) is 0 Å².